The summed E-state index contributed by atoms with van der Waals surface area (Å²) in [5.74, 6) is -4.12. The molecular formula is C51H70N2O8. The van der Waals surface area contributed by atoms with Gasteiger partial charge in [-0.25, -0.2) is 0 Å². The number of carbonyl (C=O) groups excluding carboxylic acids is 1. The molecule has 0 aliphatic heterocycles. The Hall–Kier alpha value is -4.32. The Bertz CT molecular complexity index is 1780. The summed E-state index contributed by atoms with van der Waals surface area (Å²) >= 11 is 0. The predicted octanol–water partition coefficient (Wildman–Crippen LogP) is 9.77. The van der Waals surface area contributed by atoms with Gasteiger partial charge in [0.25, 0.3) is 0 Å². The number of allylic oxidation sites excluding steroid dienone is 4. The van der Waals surface area contributed by atoms with Crippen molar-refractivity contribution in [3.05, 3.63) is 95.1 Å². The molecule has 0 heterocycles. The topological polar surface area (TPSA) is 192 Å². The molecule has 10 nitrogen and oxygen atoms in total. The van der Waals surface area contributed by atoms with Gasteiger partial charge in [-0.15, -0.1) is 0 Å². The SMILES string of the molecule is CCCCCC(O)c1ccc([C@@H]2[C@@H](CC=CC(CCC(=O)OC)[C@@H](C=CCCCC(=O)O)[C@@H]3[C@@H](c4ccc(C(O)CCCCC)cc4)[C@H](O)C[C@H]3C#N)[C@H](C#N)C[C@H]2O)cc1. The molecule has 3 unspecified atom stereocenters. The van der Waals surface area contributed by atoms with Gasteiger partial charge in [0.15, 0.2) is 0 Å². The number of carboxylic acid groups (broad SMARTS) is 1. The van der Waals surface area contributed by atoms with Crippen LogP contribution in [0.4, 0.5) is 0 Å². The van der Waals surface area contributed by atoms with Crippen molar-refractivity contribution in [3.8, 4) is 12.1 Å². The first kappa shape index (κ1) is 49.3. The van der Waals surface area contributed by atoms with Crippen molar-refractivity contribution in [3.63, 3.8) is 0 Å². The van der Waals surface area contributed by atoms with E-state index in [0.717, 1.165) is 60.8 Å². The fourth-order valence-corrected chi connectivity index (χ4v) is 9.99. The van der Waals surface area contributed by atoms with Gasteiger partial charge in [-0.3, -0.25) is 9.59 Å². The van der Waals surface area contributed by atoms with Crippen molar-refractivity contribution in [2.45, 2.75) is 153 Å². The number of methoxy groups -OCH3 is 1. The van der Waals surface area contributed by atoms with Crippen molar-refractivity contribution in [2.24, 2.45) is 35.5 Å². The fraction of sp³-hybridized carbons (Fsp3) is 0.608. The van der Waals surface area contributed by atoms with E-state index >= 15 is 0 Å². The van der Waals surface area contributed by atoms with E-state index < -0.39 is 48.1 Å². The van der Waals surface area contributed by atoms with Crippen LogP contribution < -0.4 is 0 Å². The molecule has 0 saturated heterocycles. The van der Waals surface area contributed by atoms with Gasteiger partial charge in [-0.2, -0.15) is 10.5 Å². The molecule has 2 aliphatic carbocycles. The van der Waals surface area contributed by atoms with Crippen molar-refractivity contribution in [2.75, 3.05) is 7.11 Å². The first-order valence-corrected chi connectivity index (χ1v) is 22.8. The Morgan fingerprint density at radius 2 is 1.28 bits per heavy atom. The van der Waals surface area contributed by atoms with Crippen molar-refractivity contribution < 1.29 is 39.9 Å². The summed E-state index contributed by atoms with van der Waals surface area (Å²) in [5, 5.41) is 74.8. The second kappa shape index (κ2) is 25.6. The van der Waals surface area contributed by atoms with Crippen LogP contribution in [0.2, 0.25) is 0 Å². The molecule has 2 aromatic carbocycles. The van der Waals surface area contributed by atoms with Crippen LogP contribution in [-0.2, 0) is 14.3 Å². The van der Waals surface area contributed by atoms with Crippen LogP contribution >= 0.6 is 0 Å². The average molecular weight is 839 g/mol. The Kier molecular flexibility index (Phi) is 20.7. The number of aliphatic hydroxyl groups is 4. The van der Waals surface area contributed by atoms with Crippen LogP contribution in [0.1, 0.15) is 163 Å². The van der Waals surface area contributed by atoms with Crippen molar-refractivity contribution in [1.82, 2.24) is 0 Å². The number of benzene rings is 2. The number of nitriles is 2. The molecule has 4 rings (SSSR count). The van der Waals surface area contributed by atoms with Gasteiger partial charge < -0.3 is 30.3 Å². The van der Waals surface area contributed by atoms with Gasteiger partial charge >= 0.3 is 11.9 Å². The smallest absolute Gasteiger partial charge is 0.305 e. The summed E-state index contributed by atoms with van der Waals surface area (Å²) in [4.78, 5) is 24.0. The Morgan fingerprint density at radius 1 is 0.738 bits per heavy atom. The first-order chi connectivity index (χ1) is 29.5. The maximum atomic E-state index is 12.7. The van der Waals surface area contributed by atoms with Gasteiger partial charge in [0, 0.05) is 24.7 Å². The lowest BCUT2D eigenvalue weighted by atomic mass is 9.69. The number of unbranched alkanes of at least 4 members (excludes halogenated alkanes) is 5. The number of nitrogens with zero attached hydrogens (tertiary/aromatic N) is 2. The maximum Gasteiger partial charge on any atom is 0.305 e. The monoisotopic (exact) mass is 839 g/mol. The zero-order chi connectivity index (χ0) is 44.3. The fourth-order valence-electron chi connectivity index (χ4n) is 9.99. The van der Waals surface area contributed by atoms with E-state index in [-0.39, 0.29) is 54.8 Å². The van der Waals surface area contributed by atoms with E-state index in [1.54, 1.807) is 0 Å². The highest BCUT2D eigenvalue weighted by molar-refractivity contribution is 5.69. The molecule has 10 heteroatoms. The number of rotatable bonds is 25. The van der Waals surface area contributed by atoms with Crippen molar-refractivity contribution >= 4 is 11.9 Å². The lowest BCUT2D eigenvalue weighted by Crippen LogP contribution is -2.30. The summed E-state index contributed by atoms with van der Waals surface area (Å²) in [6.45, 7) is 4.25. The predicted molar refractivity (Wildman–Crippen MR) is 236 cm³/mol. The lowest BCUT2D eigenvalue weighted by Gasteiger charge is -2.34. The van der Waals surface area contributed by atoms with E-state index in [2.05, 4.69) is 32.1 Å². The van der Waals surface area contributed by atoms with Gasteiger partial charge in [-0.1, -0.05) is 125 Å². The average Bonchev–Trinajstić information content (AvgIpc) is 3.77. The van der Waals surface area contributed by atoms with Crippen LogP contribution in [0.5, 0.6) is 0 Å². The minimum Gasteiger partial charge on any atom is -0.481 e. The van der Waals surface area contributed by atoms with Crippen LogP contribution in [0.25, 0.3) is 0 Å². The summed E-state index contributed by atoms with van der Waals surface area (Å²) in [7, 11) is 1.35. The second-order valence-corrected chi connectivity index (χ2v) is 17.5. The number of carboxylic acids is 1. The quantitative estimate of drug-likeness (QED) is 0.0365. The molecule has 61 heavy (non-hydrogen) atoms. The highest BCUT2D eigenvalue weighted by atomic mass is 16.5. The molecule has 2 fully saturated rings. The van der Waals surface area contributed by atoms with Crippen LogP contribution in [0, 0.1) is 58.2 Å². The summed E-state index contributed by atoms with van der Waals surface area (Å²) in [6.07, 6.45) is 15.4. The Labute approximate surface area is 364 Å². The van der Waals surface area contributed by atoms with E-state index in [0.29, 0.717) is 44.9 Å². The number of esters is 1. The molecule has 0 bridgehead atoms. The normalized spacial score (nSPS) is 25.9. The third kappa shape index (κ3) is 14.1. The molecule has 0 amide bonds. The van der Waals surface area contributed by atoms with Crippen LogP contribution in [-0.4, -0.2) is 56.8 Å². The minimum absolute atomic E-state index is 0.0135. The van der Waals surface area contributed by atoms with E-state index in [1.807, 2.05) is 66.8 Å². The summed E-state index contributed by atoms with van der Waals surface area (Å²) in [6, 6.07) is 20.4. The summed E-state index contributed by atoms with van der Waals surface area (Å²) in [5.41, 5.74) is 3.41. The van der Waals surface area contributed by atoms with Crippen LogP contribution in [0.3, 0.4) is 0 Å². The van der Waals surface area contributed by atoms with Gasteiger partial charge in [0.1, 0.15) is 0 Å². The second-order valence-electron chi connectivity index (χ2n) is 17.5. The largest absolute Gasteiger partial charge is 0.481 e. The molecule has 5 N–H and O–H groups in total. The van der Waals surface area contributed by atoms with Gasteiger partial charge in [-0.05, 0) is 97.3 Å². The van der Waals surface area contributed by atoms with E-state index in [1.165, 1.54) is 7.11 Å². The third-order valence-electron chi connectivity index (χ3n) is 13.3. The number of ether oxygens (including phenoxy) is 1. The molecule has 0 aromatic heterocycles. The van der Waals surface area contributed by atoms with Gasteiger partial charge in [0.2, 0.25) is 0 Å². The molecule has 2 aromatic rings. The van der Waals surface area contributed by atoms with Crippen molar-refractivity contribution in [1.29, 1.82) is 10.5 Å². The van der Waals surface area contributed by atoms with Gasteiger partial charge in [0.05, 0.1) is 55.5 Å². The molecule has 12 atom stereocenters. The molecular weight excluding hydrogens is 769 g/mol. The molecule has 0 radical (unpaired) electrons. The standard InChI is InChI=1S/C51H70N2O8/c1-4-6-9-17-43(54)35-20-24-37(25-21-35)49-42(39(32-52)30-45(49)56)16-13-14-34(28-29-48(60)61-3)41(15-11-8-12-19-47(58)59)50-40(33-53)31-46(57)51(50)38-26-22-36(23-27-38)44(55)18-10-7-5-2/h11,13-15,20-27,34,39-46,49-51,54-57H,4-10,12,16-19,28-31H2,1-3H3,(H,58,59)/t34?,39-,40-,41+,42-,43?,44?,45+,46+,49+,50+,51-/m0/s1. The zero-order valence-corrected chi connectivity index (χ0v) is 36.5. The molecule has 332 valence electrons. The Balaban J connectivity index is 1.69. The zero-order valence-electron chi connectivity index (χ0n) is 36.5. The lowest BCUT2D eigenvalue weighted by molar-refractivity contribution is -0.141. The number of hydrogen-bond donors (Lipinski definition) is 5. The molecule has 2 aliphatic rings. The summed E-state index contributed by atoms with van der Waals surface area (Å²) < 4.78 is 5.06. The van der Waals surface area contributed by atoms with Crippen LogP contribution in [0.15, 0.2) is 72.8 Å². The minimum atomic E-state index is -0.881. The van der Waals surface area contributed by atoms with E-state index in [9.17, 15) is 45.6 Å². The maximum absolute atomic E-state index is 12.7. The number of aliphatic hydroxyl groups excluding tert-OH is 4. The number of carbonyl (C=O) groups is 2. The third-order valence-corrected chi connectivity index (χ3v) is 13.3. The van der Waals surface area contributed by atoms with E-state index in [4.69, 9.17) is 4.74 Å². The number of hydrogen-bond acceptors (Lipinski definition) is 9. The molecule has 2 saturated carbocycles. The highest BCUT2D eigenvalue weighted by Gasteiger charge is 2.48. The first-order valence-electron chi connectivity index (χ1n) is 22.8. The highest BCUT2D eigenvalue weighted by Crippen LogP contribution is 2.51. The Morgan fingerprint density at radius 3 is 1.80 bits per heavy atom. The molecule has 0 spiro atoms. The number of aliphatic carboxylic acids is 1.